The van der Waals surface area contributed by atoms with Crippen LogP contribution < -0.4 is 5.32 Å². The SMILES string of the molecule is CC(C)c1cc(Br)ccc1NC(=O)c1nc(-c2cccc(Cl)c2)n(-c2ccc(F)cc2)n1. The van der Waals surface area contributed by atoms with E-state index in [1.54, 1.807) is 30.3 Å². The Morgan fingerprint density at radius 1 is 1.09 bits per heavy atom. The maximum atomic E-state index is 13.5. The van der Waals surface area contributed by atoms with E-state index in [0.29, 0.717) is 27.8 Å². The molecule has 0 aliphatic heterocycles. The summed E-state index contributed by atoms with van der Waals surface area (Å²) in [6.07, 6.45) is 0. The van der Waals surface area contributed by atoms with Gasteiger partial charge in [-0.05, 0) is 66.1 Å². The van der Waals surface area contributed by atoms with Gasteiger partial charge in [0, 0.05) is 20.7 Å². The third-order valence-corrected chi connectivity index (χ3v) is 5.58. The summed E-state index contributed by atoms with van der Waals surface area (Å²) in [5.74, 6) is -0.202. The van der Waals surface area contributed by atoms with Crippen molar-refractivity contribution < 1.29 is 9.18 Å². The Kier molecular flexibility index (Phi) is 6.39. The molecular formula is C24H19BrClFN4O. The van der Waals surface area contributed by atoms with Gasteiger partial charge >= 0.3 is 0 Å². The van der Waals surface area contributed by atoms with Crippen LogP contribution in [0.2, 0.25) is 5.02 Å². The second-order valence-corrected chi connectivity index (χ2v) is 8.85. The smallest absolute Gasteiger partial charge is 0.295 e. The van der Waals surface area contributed by atoms with E-state index in [0.717, 1.165) is 10.0 Å². The second kappa shape index (κ2) is 9.22. The maximum absolute atomic E-state index is 13.5. The predicted molar refractivity (Wildman–Crippen MR) is 128 cm³/mol. The van der Waals surface area contributed by atoms with Crippen LogP contribution in [0.4, 0.5) is 10.1 Å². The van der Waals surface area contributed by atoms with Crippen LogP contribution in [-0.4, -0.2) is 20.7 Å². The average Bonchev–Trinajstić information content (AvgIpc) is 3.21. The van der Waals surface area contributed by atoms with Crippen LogP contribution in [-0.2, 0) is 0 Å². The summed E-state index contributed by atoms with van der Waals surface area (Å²) in [6.45, 7) is 4.10. The summed E-state index contributed by atoms with van der Waals surface area (Å²) in [7, 11) is 0. The molecule has 0 aliphatic carbocycles. The fourth-order valence-corrected chi connectivity index (χ4v) is 3.86. The minimum absolute atomic E-state index is 0.0121. The van der Waals surface area contributed by atoms with Crippen LogP contribution in [0.15, 0.2) is 71.2 Å². The molecule has 5 nitrogen and oxygen atoms in total. The number of amides is 1. The lowest BCUT2D eigenvalue weighted by Crippen LogP contribution is -2.16. The first-order valence-electron chi connectivity index (χ1n) is 9.91. The Hall–Kier alpha value is -3.03. The van der Waals surface area contributed by atoms with Gasteiger partial charge in [-0.15, -0.1) is 5.10 Å². The van der Waals surface area contributed by atoms with Crippen molar-refractivity contribution in [3.05, 3.63) is 93.4 Å². The second-order valence-electron chi connectivity index (χ2n) is 7.50. The summed E-state index contributed by atoms with van der Waals surface area (Å²) in [5.41, 5.74) is 2.93. The minimum atomic E-state index is -0.446. The molecular weight excluding hydrogens is 495 g/mol. The zero-order chi connectivity index (χ0) is 22.8. The van der Waals surface area contributed by atoms with E-state index in [1.165, 1.54) is 16.8 Å². The molecule has 162 valence electrons. The normalized spacial score (nSPS) is 11.1. The lowest BCUT2D eigenvalue weighted by molar-refractivity contribution is 0.101. The predicted octanol–water partition coefficient (Wildman–Crippen LogP) is 6.87. The zero-order valence-corrected chi connectivity index (χ0v) is 19.7. The molecule has 1 heterocycles. The van der Waals surface area contributed by atoms with Crippen molar-refractivity contribution in [2.75, 3.05) is 5.32 Å². The summed E-state index contributed by atoms with van der Waals surface area (Å²) in [5, 5.41) is 7.86. The van der Waals surface area contributed by atoms with Gasteiger partial charge in [-0.25, -0.2) is 14.1 Å². The number of rotatable bonds is 5. The number of hydrogen-bond acceptors (Lipinski definition) is 3. The van der Waals surface area contributed by atoms with Crippen LogP contribution in [0.25, 0.3) is 17.1 Å². The number of nitrogens with zero attached hydrogens (tertiary/aromatic N) is 3. The summed E-state index contributed by atoms with van der Waals surface area (Å²) in [4.78, 5) is 17.6. The number of hydrogen-bond donors (Lipinski definition) is 1. The maximum Gasteiger partial charge on any atom is 0.295 e. The number of benzene rings is 3. The Morgan fingerprint density at radius 2 is 1.84 bits per heavy atom. The molecule has 4 rings (SSSR count). The number of nitrogens with one attached hydrogen (secondary N) is 1. The molecule has 4 aromatic rings. The zero-order valence-electron chi connectivity index (χ0n) is 17.3. The largest absolute Gasteiger partial charge is 0.319 e. The fourth-order valence-electron chi connectivity index (χ4n) is 3.29. The van der Waals surface area contributed by atoms with Gasteiger partial charge in [-0.1, -0.05) is 53.5 Å². The number of carbonyl (C=O) groups excluding carboxylic acids is 1. The highest BCUT2D eigenvalue weighted by Crippen LogP contribution is 2.29. The molecule has 1 aromatic heterocycles. The quantitative estimate of drug-likeness (QED) is 0.317. The van der Waals surface area contributed by atoms with Gasteiger partial charge in [0.15, 0.2) is 5.82 Å². The van der Waals surface area contributed by atoms with Gasteiger partial charge in [0.25, 0.3) is 5.91 Å². The standard InChI is InChI=1S/C24H19BrClFN4O/c1-14(2)20-13-16(25)6-11-21(20)28-24(32)22-29-23(15-4-3-5-17(26)12-15)31(30-22)19-9-7-18(27)8-10-19/h3-14H,1-2H3,(H,28,32). The van der Waals surface area contributed by atoms with Crippen molar-refractivity contribution in [1.29, 1.82) is 0 Å². The fraction of sp³-hybridized carbons (Fsp3) is 0.125. The van der Waals surface area contributed by atoms with E-state index in [4.69, 9.17) is 11.6 Å². The number of carbonyl (C=O) groups is 1. The van der Waals surface area contributed by atoms with Gasteiger partial charge in [0.05, 0.1) is 5.69 Å². The highest BCUT2D eigenvalue weighted by Gasteiger charge is 2.20. The molecule has 0 radical (unpaired) electrons. The third kappa shape index (κ3) is 4.74. The van der Waals surface area contributed by atoms with Gasteiger partial charge in [0.2, 0.25) is 5.82 Å². The lowest BCUT2D eigenvalue weighted by Gasteiger charge is -2.13. The molecule has 0 aliphatic rings. The molecule has 0 bridgehead atoms. The first-order chi connectivity index (χ1) is 15.3. The molecule has 8 heteroatoms. The first kappa shape index (κ1) is 22.2. The average molecular weight is 514 g/mol. The van der Waals surface area contributed by atoms with Crippen molar-refractivity contribution in [3.63, 3.8) is 0 Å². The molecule has 1 amide bonds. The van der Waals surface area contributed by atoms with E-state index in [2.05, 4.69) is 45.2 Å². The molecule has 0 saturated carbocycles. The van der Waals surface area contributed by atoms with E-state index < -0.39 is 5.91 Å². The lowest BCUT2D eigenvalue weighted by atomic mass is 10.0. The van der Waals surface area contributed by atoms with Crippen molar-refractivity contribution in [2.24, 2.45) is 0 Å². The Balaban J connectivity index is 1.76. The topological polar surface area (TPSA) is 59.8 Å². The Labute approximate surface area is 198 Å². The van der Waals surface area contributed by atoms with Crippen LogP contribution in [0.3, 0.4) is 0 Å². The highest BCUT2D eigenvalue weighted by molar-refractivity contribution is 9.10. The van der Waals surface area contributed by atoms with Crippen molar-refractivity contribution >= 4 is 39.1 Å². The molecule has 0 saturated heterocycles. The molecule has 0 atom stereocenters. The number of anilines is 1. The molecule has 0 spiro atoms. The number of aromatic nitrogens is 3. The van der Waals surface area contributed by atoms with Crippen LogP contribution in [0.5, 0.6) is 0 Å². The molecule has 1 N–H and O–H groups in total. The van der Waals surface area contributed by atoms with Gasteiger partial charge in [-0.2, -0.15) is 0 Å². The summed E-state index contributed by atoms with van der Waals surface area (Å²) >= 11 is 9.63. The van der Waals surface area contributed by atoms with Gasteiger partial charge in [-0.3, -0.25) is 4.79 Å². The van der Waals surface area contributed by atoms with Crippen LogP contribution >= 0.6 is 27.5 Å². The van der Waals surface area contributed by atoms with E-state index >= 15 is 0 Å². The van der Waals surface area contributed by atoms with Crippen molar-refractivity contribution in [1.82, 2.24) is 14.8 Å². The monoisotopic (exact) mass is 512 g/mol. The first-order valence-corrected chi connectivity index (χ1v) is 11.1. The van der Waals surface area contributed by atoms with E-state index in [1.807, 2.05) is 24.3 Å². The van der Waals surface area contributed by atoms with Crippen molar-refractivity contribution in [3.8, 4) is 17.1 Å². The number of halogens is 3. The summed E-state index contributed by atoms with van der Waals surface area (Å²) in [6, 6.07) is 18.6. The Morgan fingerprint density at radius 3 is 2.53 bits per heavy atom. The Bertz CT molecular complexity index is 1290. The minimum Gasteiger partial charge on any atom is -0.319 e. The van der Waals surface area contributed by atoms with Gasteiger partial charge in [0.1, 0.15) is 5.82 Å². The van der Waals surface area contributed by atoms with E-state index in [9.17, 15) is 9.18 Å². The van der Waals surface area contributed by atoms with Crippen molar-refractivity contribution in [2.45, 2.75) is 19.8 Å². The van der Waals surface area contributed by atoms with E-state index in [-0.39, 0.29) is 17.6 Å². The third-order valence-electron chi connectivity index (χ3n) is 4.85. The van der Waals surface area contributed by atoms with Crippen LogP contribution in [0, 0.1) is 5.82 Å². The summed E-state index contributed by atoms with van der Waals surface area (Å²) < 4.78 is 15.9. The van der Waals surface area contributed by atoms with Crippen LogP contribution in [0.1, 0.15) is 35.9 Å². The molecule has 32 heavy (non-hydrogen) atoms. The molecule has 0 fully saturated rings. The van der Waals surface area contributed by atoms with Gasteiger partial charge < -0.3 is 5.32 Å². The molecule has 3 aromatic carbocycles. The molecule has 0 unspecified atom stereocenters. The highest BCUT2D eigenvalue weighted by atomic mass is 79.9.